The molecule has 4 rings (SSSR count). The molecule has 2 aromatic carbocycles. The maximum Gasteiger partial charge on any atom is 0.335 e. The zero-order chi connectivity index (χ0) is 23.2. The largest absolute Gasteiger partial charge is 0.335 e. The summed E-state index contributed by atoms with van der Waals surface area (Å²) in [6.45, 7) is 5.82. The molecule has 1 aromatic heterocycles. The Morgan fingerprint density at radius 3 is 2.25 bits per heavy atom. The fourth-order valence-electron chi connectivity index (χ4n) is 3.74. The van der Waals surface area contributed by atoms with E-state index in [-0.39, 0.29) is 11.3 Å². The number of carbonyl (C=O) groups excluding carboxylic acids is 3. The summed E-state index contributed by atoms with van der Waals surface area (Å²) in [5.41, 5.74) is 4.45. The van der Waals surface area contributed by atoms with Crippen LogP contribution in [0.4, 0.5) is 14.9 Å². The number of benzene rings is 2. The monoisotopic (exact) mass is 495 g/mol. The number of aryl methyl sites for hydroxylation is 2. The van der Waals surface area contributed by atoms with Crippen molar-refractivity contribution in [3.05, 3.63) is 86.9 Å². The standard InChI is InChI=1S/C24H19BrFN3O3/c1-13-10-19(8-9-21(13)25)28-14(2)11-16(15(28)3)12-20-22(30)27-24(32)29(23(20)31)18-6-4-17(26)5-7-18/h4-12H,1-3H3,(H,27,30,32)/b20-12+. The molecule has 0 atom stereocenters. The summed E-state index contributed by atoms with van der Waals surface area (Å²) in [5.74, 6) is -2.04. The van der Waals surface area contributed by atoms with E-state index >= 15 is 0 Å². The number of urea groups is 1. The van der Waals surface area contributed by atoms with Crippen LogP contribution in [-0.2, 0) is 9.59 Å². The van der Waals surface area contributed by atoms with E-state index in [1.54, 1.807) is 0 Å². The third-order valence-corrected chi connectivity index (χ3v) is 6.25. The van der Waals surface area contributed by atoms with Crippen LogP contribution >= 0.6 is 15.9 Å². The fraction of sp³-hybridized carbons (Fsp3) is 0.125. The maximum atomic E-state index is 13.3. The minimum Gasteiger partial charge on any atom is -0.318 e. The third kappa shape index (κ3) is 3.78. The molecule has 6 nitrogen and oxygen atoms in total. The van der Waals surface area contributed by atoms with E-state index in [1.807, 2.05) is 49.6 Å². The smallest absolute Gasteiger partial charge is 0.318 e. The lowest BCUT2D eigenvalue weighted by molar-refractivity contribution is -0.122. The van der Waals surface area contributed by atoms with Crippen LogP contribution in [-0.4, -0.2) is 22.4 Å². The topological polar surface area (TPSA) is 71.4 Å². The van der Waals surface area contributed by atoms with E-state index in [0.29, 0.717) is 5.56 Å². The first-order valence-electron chi connectivity index (χ1n) is 9.80. The van der Waals surface area contributed by atoms with Gasteiger partial charge in [0.25, 0.3) is 11.8 Å². The number of nitrogens with one attached hydrogen (secondary N) is 1. The molecule has 2 heterocycles. The first-order valence-corrected chi connectivity index (χ1v) is 10.6. The molecule has 32 heavy (non-hydrogen) atoms. The van der Waals surface area contributed by atoms with Gasteiger partial charge in [-0.1, -0.05) is 15.9 Å². The summed E-state index contributed by atoms with van der Waals surface area (Å²) in [7, 11) is 0. The Labute approximate surface area is 192 Å². The third-order valence-electron chi connectivity index (χ3n) is 5.36. The van der Waals surface area contributed by atoms with E-state index < -0.39 is 23.7 Å². The van der Waals surface area contributed by atoms with Gasteiger partial charge in [-0.3, -0.25) is 14.9 Å². The van der Waals surface area contributed by atoms with Gasteiger partial charge >= 0.3 is 6.03 Å². The van der Waals surface area contributed by atoms with Gasteiger partial charge in [0.15, 0.2) is 0 Å². The Hall–Kier alpha value is -3.52. The second-order valence-electron chi connectivity index (χ2n) is 7.53. The van der Waals surface area contributed by atoms with Crippen molar-refractivity contribution in [1.29, 1.82) is 0 Å². The van der Waals surface area contributed by atoms with Crippen molar-refractivity contribution < 1.29 is 18.8 Å². The quantitative estimate of drug-likeness (QED) is 0.411. The minimum absolute atomic E-state index is 0.170. The Morgan fingerprint density at radius 1 is 0.938 bits per heavy atom. The molecule has 1 N–H and O–H groups in total. The molecule has 0 saturated carbocycles. The highest BCUT2D eigenvalue weighted by Gasteiger charge is 2.37. The van der Waals surface area contributed by atoms with Gasteiger partial charge in [0, 0.05) is 21.5 Å². The number of amides is 4. The van der Waals surface area contributed by atoms with Crippen molar-refractivity contribution in [3.8, 4) is 5.69 Å². The van der Waals surface area contributed by atoms with Gasteiger partial charge in [-0.15, -0.1) is 0 Å². The molecule has 8 heteroatoms. The highest BCUT2D eigenvalue weighted by Crippen LogP contribution is 2.27. The minimum atomic E-state index is -0.875. The normalized spacial score (nSPS) is 15.5. The van der Waals surface area contributed by atoms with Gasteiger partial charge in [-0.2, -0.15) is 0 Å². The zero-order valence-electron chi connectivity index (χ0n) is 17.6. The number of rotatable bonds is 3. The van der Waals surface area contributed by atoms with Gasteiger partial charge in [-0.05, 0) is 86.5 Å². The average molecular weight is 496 g/mol. The van der Waals surface area contributed by atoms with Crippen LogP contribution < -0.4 is 10.2 Å². The number of imide groups is 2. The van der Waals surface area contributed by atoms with Crippen molar-refractivity contribution in [2.45, 2.75) is 20.8 Å². The Kier molecular flexibility index (Phi) is 5.56. The molecule has 162 valence electrons. The molecular weight excluding hydrogens is 477 g/mol. The second kappa shape index (κ2) is 8.20. The predicted molar refractivity (Wildman–Crippen MR) is 123 cm³/mol. The van der Waals surface area contributed by atoms with E-state index in [1.165, 1.54) is 18.2 Å². The van der Waals surface area contributed by atoms with Gasteiger partial charge in [-0.25, -0.2) is 14.1 Å². The molecule has 1 fully saturated rings. The molecule has 0 unspecified atom stereocenters. The zero-order valence-corrected chi connectivity index (χ0v) is 19.2. The van der Waals surface area contributed by atoms with Crippen LogP contribution in [0.25, 0.3) is 11.8 Å². The first-order chi connectivity index (χ1) is 15.2. The number of hydrogen-bond donors (Lipinski definition) is 1. The summed E-state index contributed by atoms with van der Waals surface area (Å²) >= 11 is 3.50. The first kappa shape index (κ1) is 21.7. The molecule has 0 spiro atoms. The maximum absolute atomic E-state index is 13.3. The number of barbiturate groups is 1. The molecule has 4 amide bonds. The molecule has 3 aromatic rings. The molecule has 1 aliphatic heterocycles. The lowest BCUT2D eigenvalue weighted by Gasteiger charge is -2.26. The molecule has 1 saturated heterocycles. The Balaban J connectivity index is 1.76. The van der Waals surface area contributed by atoms with Crippen LogP contribution in [0.5, 0.6) is 0 Å². The van der Waals surface area contributed by atoms with Crippen molar-refractivity contribution in [2.75, 3.05) is 4.90 Å². The van der Waals surface area contributed by atoms with E-state index in [2.05, 4.69) is 21.2 Å². The number of carbonyl (C=O) groups is 3. The molecular formula is C24H19BrFN3O3. The summed E-state index contributed by atoms with van der Waals surface area (Å²) in [4.78, 5) is 38.7. The number of anilines is 1. The number of aromatic nitrogens is 1. The average Bonchev–Trinajstić information content (AvgIpc) is 3.01. The number of halogens is 2. The van der Waals surface area contributed by atoms with E-state index in [0.717, 1.165) is 44.1 Å². The lowest BCUT2D eigenvalue weighted by atomic mass is 10.1. The molecule has 0 bridgehead atoms. The van der Waals surface area contributed by atoms with Crippen molar-refractivity contribution >= 4 is 45.5 Å². The SMILES string of the molecule is Cc1cc(-n2c(C)cc(/C=C3\C(=O)NC(=O)N(c4ccc(F)cc4)C3=O)c2C)ccc1Br. The molecule has 0 aliphatic carbocycles. The summed E-state index contributed by atoms with van der Waals surface area (Å²) in [5, 5.41) is 2.18. The van der Waals surface area contributed by atoms with Crippen molar-refractivity contribution in [3.63, 3.8) is 0 Å². The van der Waals surface area contributed by atoms with Crippen LogP contribution in [0.3, 0.4) is 0 Å². The van der Waals surface area contributed by atoms with Crippen molar-refractivity contribution in [1.82, 2.24) is 9.88 Å². The van der Waals surface area contributed by atoms with Gasteiger partial charge in [0.1, 0.15) is 11.4 Å². The van der Waals surface area contributed by atoms with E-state index in [4.69, 9.17) is 0 Å². The van der Waals surface area contributed by atoms with Crippen LogP contribution in [0.15, 0.2) is 58.6 Å². The summed E-state index contributed by atoms with van der Waals surface area (Å²) in [6.07, 6.45) is 1.48. The highest BCUT2D eigenvalue weighted by molar-refractivity contribution is 9.10. The predicted octanol–water partition coefficient (Wildman–Crippen LogP) is 4.97. The molecule has 1 aliphatic rings. The van der Waals surface area contributed by atoms with Crippen LogP contribution in [0.1, 0.15) is 22.5 Å². The van der Waals surface area contributed by atoms with Crippen LogP contribution in [0.2, 0.25) is 0 Å². The van der Waals surface area contributed by atoms with Crippen molar-refractivity contribution in [2.24, 2.45) is 0 Å². The highest BCUT2D eigenvalue weighted by atomic mass is 79.9. The van der Waals surface area contributed by atoms with E-state index in [9.17, 15) is 18.8 Å². The fourth-order valence-corrected chi connectivity index (χ4v) is 3.98. The Morgan fingerprint density at radius 2 is 1.59 bits per heavy atom. The van der Waals surface area contributed by atoms with Crippen LogP contribution in [0, 0.1) is 26.6 Å². The molecule has 0 radical (unpaired) electrons. The summed E-state index contributed by atoms with van der Waals surface area (Å²) < 4.78 is 16.3. The number of nitrogens with zero attached hydrogens (tertiary/aromatic N) is 2. The second-order valence-corrected chi connectivity index (χ2v) is 8.38. The summed E-state index contributed by atoms with van der Waals surface area (Å²) in [6, 6.07) is 11.9. The number of hydrogen-bond acceptors (Lipinski definition) is 3. The van der Waals surface area contributed by atoms with Gasteiger partial charge < -0.3 is 4.57 Å². The van der Waals surface area contributed by atoms with Gasteiger partial charge in [0.05, 0.1) is 5.69 Å². The Bertz CT molecular complexity index is 1310. The van der Waals surface area contributed by atoms with Gasteiger partial charge in [0.2, 0.25) is 0 Å². The lowest BCUT2D eigenvalue weighted by Crippen LogP contribution is -2.54.